The van der Waals surface area contributed by atoms with Gasteiger partial charge in [0, 0.05) is 19.6 Å². The molecule has 1 heterocycles. The van der Waals surface area contributed by atoms with Crippen LogP contribution in [0.25, 0.3) is 0 Å². The first-order valence-electron chi connectivity index (χ1n) is 8.20. The Morgan fingerprint density at radius 2 is 1.58 bits per heavy atom. The standard InChI is InChI=1S/C19H19N3O4/c1-26-14-8-6-13(7-9-14)12-21-19(25)20-10-11-22-17(23)15-4-2-3-5-16(15)18(22)24/h2-9H,10-12H2,1H3,(H2,20,21,25). The number of carbonyl (C=O) groups excluding carboxylic acids is 3. The lowest BCUT2D eigenvalue weighted by Gasteiger charge is -2.14. The summed E-state index contributed by atoms with van der Waals surface area (Å²) in [5.74, 6) is 0.0937. The van der Waals surface area contributed by atoms with Gasteiger partial charge in [-0.25, -0.2) is 4.79 Å². The maximum Gasteiger partial charge on any atom is 0.315 e. The van der Waals surface area contributed by atoms with Crippen molar-refractivity contribution < 1.29 is 19.1 Å². The van der Waals surface area contributed by atoms with Gasteiger partial charge in [0.2, 0.25) is 0 Å². The zero-order chi connectivity index (χ0) is 18.5. The van der Waals surface area contributed by atoms with E-state index in [2.05, 4.69) is 10.6 Å². The van der Waals surface area contributed by atoms with Crippen LogP contribution in [0.4, 0.5) is 4.79 Å². The molecule has 26 heavy (non-hydrogen) atoms. The molecule has 0 atom stereocenters. The lowest BCUT2D eigenvalue weighted by molar-refractivity contribution is 0.0656. The number of benzene rings is 2. The molecule has 0 radical (unpaired) electrons. The highest BCUT2D eigenvalue weighted by Gasteiger charge is 2.34. The van der Waals surface area contributed by atoms with E-state index in [9.17, 15) is 14.4 Å². The van der Waals surface area contributed by atoms with E-state index in [-0.39, 0.29) is 30.9 Å². The molecule has 0 spiro atoms. The number of rotatable bonds is 6. The fraction of sp³-hybridized carbons (Fsp3) is 0.211. The SMILES string of the molecule is COc1ccc(CNC(=O)NCCN2C(=O)c3ccccc3C2=O)cc1. The number of nitrogens with one attached hydrogen (secondary N) is 2. The Morgan fingerprint density at radius 3 is 2.15 bits per heavy atom. The van der Waals surface area contributed by atoms with Crippen LogP contribution in [-0.4, -0.2) is 42.9 Å². The van der Waals surface area contributed by atoms with Gasteiger partial charge >= 0.3 is 6.03 Å². The van der Waals surface area contributed by atoms with Gasteiger partial charge in [0.15, 0.2) is 0 Å². The smallest absolute Gasteiger partial charge is 0.315 e. The van der Waals surface area contributed by atoms with Crippen molar-refractivity contribution in [3.63, 3.8) is 0 Å². The van der Waals surface area contributed by atoms with Gasteiger partial charge in [-0.3, -0.25) is 14.5 Å². The number of carbonyl (C=O) groups is 3. The molecule has 2 aromatic rings. The summed E-state index contributed by atoms with van der Waals surface area (Å²) in [5.41, 5.74) is 1.74. The maximum atomic E-state index is 12.2. The maximum absolute atomic E-state index is 12.2. The highest BCUT2D eigenvalue weighted by molar-refractivity contribution is 6.21. The zero-order valence-corrected chi connectivity index (χ0v) is 14.3. The molecule has 7 nitrogen and oxygen atoms in total. The van der Waals surface area contributed by atoms with Crippen molar-refractivity contribution in [1.82, 2.24) is 15.5 Å². The third-order valence-electron chi connectivity index (χ3n) is 4.11. The zero-order valence-electron chi connectivity index (χ0n) is 14.3. The number of ether oxygens (including phenoxy) is 1. The summed E-state index contributed by atoms with van der Waals surface area (Å²) in [4.78, 5) is 37.4. The van der Waals surface area contributed by atoms with Gasteiger partial charge in [0.1, 0.15) is 5.75 Å². The van der Waals surface area contributed by atoms with Crippen LogP contribution in [0.3, 0.4) is 0 Å². The number of hydrogen-bond donors (Lipinski definition) is 2. The molecule has 134 valence electrons. The third kappa shape index (κ3) is 3.66. The molecule has 0 saturated heterocycles. The van der Waals surface area contributed by atoms with Gasteiger partial charge in [-0.1, -0.05) is 24.3 Å². The largest absolute Gasteiger partial charge is 0.497 e. The Bertz CT molecular complexity index is 798. The molecule has 1 aliphatic rings. The van der Waals surface area contributed by atoms with E-state index in [0.29, 0.717) is 17.7 Å². The van der Waals surface area contributed by atoms with Crippen molar-refractivity contribution in [2.24, 2.45) is 0 Å². The first kappa shape index (κ1) is 17.5. The number of methoxy groups -OCH3 is 1. The second kappa shape index (κ2) is 7.69. The van der Waals surface area contributed by atoms with Crippen molar-refractivity contribution in [3.05, 3.63) is 65.2 Å². The molecule has 2 N–H and O–H groups in total. The Hall–Kier alpha value is -3.35. The second-order valence-electron chi connectivity index (χ2n) is 5.77. The molecule has 0 saturated carbocycles. The molecule has 1 aliphatic heterocycles. The minimum Gasteiger partial charge on any atom is -0.497 e. The van der Waals surface area contributed by atoms with Gasteiger partial charge in [0.25, 0.3) is 11.8 Å². The van der Waals surface area contributed by atoms with E-state index in [0.717, 1.165) is 16.2 Å². The molecule has 0 aliphatic carbocycles. The molecule has 3 rings (SSSR count). The molecule has 0 unspecified atom stereocenters. The van der Waals surface area contributed by atoms with E-state index in [1.807, 2.05) is 24.3 Å². The van der Waals surface area contributed by atoms with Gasteiger partial charge in [-0.05, 0) is 29.8 Å². The topological polar surface area (TPSA) is 87.7 Å². The Kier molecular flexibility index (Phi) is 5.17. The van der Waals surface area contributed by atoms with Crippen LogP contribution in [-0.2, 0) is 6.54 Å². The molecular formula is C19H19N3O4. The number of hydrogen-bond acceptors (Lipinski definition) is 4. The van der Waals surface area contributed by atoms with Crippen LogP contribution in [0.15, 0.2) is 48.5 Å². The van der Waals surface area contributed by atoms with Crippen molar-refractivity contribution in [1.29, 1.82) is 0 Å². The first-order valence-corrected chi connectivity index (χ1v) is 8.20. The van der Waals surface area contributed by atoms with Crippen molar-refractivity contribution in [2.45, 2.75) is 6.54 Å². The van der Waals surface area contributed by atoms with E-state index in [4.69, 9.17) is 4.74 Å². The predicted octanol–water partition coefficient (Wildman–Crippen LogP) is 1.79. The average Bonchev–Trinajstić information content (AvgIpc) is 2.92. The summed E-state index contributed by atoms with van der Waals surface area (Å²) in [5, 5.41) is 5.37. The number of imide groups is 1. The number of amides is 4. The lowest BCUT2D eigenvalue weighted by atomic mass is 10.1. The molecule has 0 bridgehead atoms. The normalized spacial score (nSPS) is 12.7. The van der Waals surface area contributed by atoms with Crippen molar-refractivity contribution >= 4 is 17.8 Å². The summed E-state index contributed by atoms with van der Waals surface area (Å²) in [6.07, 6.45) is 0. The number of fused-ring (bicyclic) bond motifs is 1. The van der Waals surface area contributed by atoms with Crippen molar-refractivity contribution in [2.75, 3.05) is 20.2 Å². The average molecular weight is 353 g/mol. The molecule has 4 amide bonds. The van der Waals surface area contributed by atoms with E-state index < -0.39 is 0 Å². The fourth-order valence-electron chi connectivity index (χ4n) is 2.71. The summed E-state index contributed by atoms with van der Waals surface area (Å²) >= 11 is 0. The van der Waals surface area contributed by atoms with Crippen LogP contribution < -0.4 is 15.4 Å². The van der Waals surface area contributed by atoms with Gasteiger partial charge in [-0.15, -0.1) is 0 Å². The lowest BCUT2D eigenvalue weighted by Crippen LogP contribution is -2.41. The van der Waals surface area contributed by atoms with Crippen LogP contribution in [0.5, 0.6) is 5.75 Å². The quantitative estimate of drug-likeness (QED) is 0.775. The van der Waals surface area contributed by atoms with Crippen LogP contribution in [0.2, 0.25) is 0 Å². The summed E-state index contributed by atoms with van der Waals surface area (Å²) in [6.45, 7) is 0.672. The van der Waals surface area contributed by atoms with Gasteiger partial charge in [-0.2, -0.15) is 0 Å². The number of nitrogens with zero attached hydrogens (tertiary/aromatic N) is 1. The Labute approximate surface area is 150 Å². The monoisotopic (exact) mass is 353 g/mol. The van der Waals surface area contributed by atoms with Crippen LogP contribution >= 0.6 is 0 Å². The van der Waals surface area contributed by atoms with Crippen LogP contribution in [0.1, 0.15) is 26.3 Å². The minimum atomic E-state index is -0.363. The summed E-state index contributed by atoms with van der Waals surface area (Å²) in [7, 11) is 1.59. The predicted molar refractivity (Wildman–Crippen MR) is 95.0 cm³/mol. The van der Waals surface area contributed by atoms with Gasteiger partial charge < -0.3 is 15.4 Å². The highest BCUT2D eigenvalue weighted by atomic mass is 16.5. The van der Waals surface area contributed by atoms with Crippen LogP contribution in [0, 0.1) is 0 Å². The summed E-state index contributed by atoms with van der Waals surface area (Å²) in [6, 6.07) is 13.7. The molecule has 7 heteroatoms. The Morgan fingerprint density at radius 1 is 0.962 bits per heavy atom. The summed E-state index contributed by atoms with van der Waals surface area (Å²) < 4.78 is 5.08. The molecule has 0 fully saturated rings. The third-order valence-corrected chi connectivity index (χ3v) is 4.11. The van der Waals surface area contributed by atoms with E-state index >= 15 is 0 Å². The first-order chi connectivity index (χ1) is 12.6. The second-order valence-corrected chi connectivity index (χ2v) is 5.77. The highest BCUT2D eigenvalue weighted by Crippen LogP contribution is 2.21. The van der Waals surface area contributed by atoms with Gasteiger partial charge in [0.05, 0.1) is 18.2 Å². The van der Waals surface area contributed by atoms with E-state index in [1.54, 1.807) is 31.4 Å². The van der Waals surface area contributed by atoms with Crippen molar-refractivity contribution in [3.8, 4) is 5.75 Å². The molecular weight excluding hydrogens is 334 g/mol. The minimum absolute atomic E-state index is 0.127. The number of urea groups is 1. The fourth-order valence-corrected chi connectivity index (χ4v) is 2.71. The molecule has 0 aromatic heterocycles. The van der Waals surface area contributed by atoms with E-state index in [1.165, 1.54) is 0 Å². The Balaban J connectivity index is 1.44. The molecule has 2 aromatic carbocycles.